The number of carbonyl (C=O) groups is 1. The van der Waals surface area contributed by atoms with Crippen LogP contribution < -0.4 is 9.62 Å². The van der Waals surface area contributed by atoms with E-state index < -0.39 is 10.0 Å². The highest BCUT2D eigenvalue weighted by atomic mass is 35.5. The summed E-state index contributed by atoms with van der Waals surface area (Å²) in [7, 11) is -3.61. The molecular weight excluding hydrogens is 372 g/mol. The number of benzene rings is 2. The Morgan fingerprint density at radius 1 is 1.15 bits per heavy atom. The lowest BCUT2D eigenvalue weighted by atomic mass is 10.00. The molecular formula is C19H23ClN2O3S. The zero-order chi connectivity index (χ0) is 19.5. The zero-order valence-corrected chi connectivity index (χ0v) is 16.9. The Labute approximate surface area is 160 Å². The number of nitrogens with zero attached hydrogens (tertiary/aromatic N) is 1. The van der Waals surface area contributed by atoms with Crippen molar-refractivity contribution in [2.45, 2.75) is 26.8 Å². The van der Waals surface area contributed by atoms with Crippen LogP contribution in [0.3, 0.4) is 0 Å². The van der Waals surface area contributed by atoms with E-state index >= 15 is 0 Å². The van der Waals surface area contributed by atoms with Gasteiger partial charge in [0.15, 0.2) is 0 Å². The Bertz CT molecular complexity index is 896. The van der Waals surface area contributed by atoms with Crippen molar-refractivity contribution in [3.8, 4) is 0 Å². The second kappa shape index (κ2) is 8.10. The van der Waals surface area contributed by atoms with Gasteiger partial charge in [-0.05, 0) is 56.2 Å². The van der Waals surface area contributed by atoms with E-state index in [2.05, 4.69) is 5.32 Å². The Kier molecular flexibility index (Phi) is 6.31. The van der Waals surface area contributed by atoms with E-state index in [4.69, 9.17) is 11.6 Å². The van der Waals surface area contributed by atoms with Crippen LogP contribution in [0.15, 0.2) is 42.5 Å². The molecule has 0 aromatic heterocycles. The molecule has 0 aliphatic carbocycles. The lowest BCUT2D eigenvalue weighted by Crippen LogP contribution is -2.41. The number of nitrogens with one attached hydrogen (secondary N) is 1. The smallest absolute Gasteiger partial charge is 0.241 e. The summed E-state index contributed by atoms with van der Waals surface area (Å²) in [4.78, 5) is 12.5. The minimum Gasteiger partial charge on any atom is -0.348 e. The zero-order valence-electron chi connectivity index (χ0n) is 15.3. The molecule has 5 nitrogen and oxygen atoms in total. The second-order valence-corrected chi connectivity index (χ2v) is 8.74. The Morgan fingerprint density at radius 2 is 1.77 bits per heavy atom. The van der Waals surface area contributed by atoms with Gasteiger partial charge < -0.3 is 5.32 Å². The molecule has 0 saturated heterocycles. The standard InChI is InChI=1S/C19H23ClN2O3S/c1-13-5-6-14(2)18(11-13)15(3)21-19(23)12-22(26(4,24)25)17-9-7-16(20)8-10-17/h5-11,15H,12H2,1-4H3,(H,21,23). The molecule has 2 aromatic carbocycles. The highest BCUT2D eigenvalue weighted by Gasteiger charge is 2.22. The molecule has 0 aliphatic rings. The quantitative estimate of drug-likeness (QED) is 0.813. The lowest BCUT2D eigenvalue weighted by molar-refractivity contribution is -0.120. The molecule has 0 saturated carbocycles. The average Bonchev–Trinajstić information content (AvgIpc) is 2.55. The van der Waals surface area contributed by atoms with Crippen molar-refractivity contribution >= 4 is 33.2 Å². The minimum atomic E-state index is -3.61. The second-order valence-electron chi connectivity index (χ2n) is 6.40. The molecule has 7 heteroatoms. The van der Waals surface area contributed by atoms with Crippen LogP contribution in [0.5, 0.6) is 0 Å². The number of rotatable bonds is 6. The largest absolute Gasteiger partial charge is 0.348 e. The molecule has 0 radical (unpaired) electrons. The van der Waals surface area contributed by atoms with Gasteiger partial charge in [0, 0.05) is 5.02 Å². The van der Waals surface area contributed by atoms with Crippen LogP contribution in [-0.4, -0.2) is 27.1 Å². The number of carbonyl (C=O) groups excluding carboxylic acids is 1. The van der Waals surface area contributed by atoms with Gasteiger partial charge in [-0.3, -0.25) is 9.10 Å². The number of amides is 1. The Hall–Kier alpha value is -2.05. The molecule has 1 amide bonds. The van der Waals surface area contributed by atoms with Gasteiger partial charge in [-0.25, -0.2) is 8.42 Å². The lowest BCUT2D eigenvalue weighted by Gasteiger charge is -2.24. The van der Waals surface area contributed by atoms with Gasteiger partial charge >= 0.3 is 0 Å². The normalized spacial score (nSPS) is 12.5. The van der Waals surface area contributed by atoms with E-state index in [1.165, 1.54) is 0 Å². The maximum atomic E-state index is 12.5. The molecule has 0 fully saturated rings. The van der Waals surface area contributed by atoms with E-state index in [-0.39, 0.29) is 18.5 Å². The van der Waals surface area contributed by atoms with E-state index in [1.54, 1.807) is 24.3 Å². The molecule has 2 rings (SSSR count). The summed E-state index contributed by atoms with van der Waals surface area (Å²) in [6.45, 7) is 5.56. The van der Waals surface area contributed by atoms with Crippen LogP contribution in [0.25, 0.3) is 0 Å². The molecule has 26 heavy (non-hydrogen) atoms. The van der Waals surface area contributed by atoms with Gasteiger partial charge in [-0.2, -0.15) is 0 Å². The monoisotopic (exact) mass is 394 g/mol. The van der Waals surface area contributed by atoms with Crippen LogP contribution in [-0.2, 0) is 14.8 Å². The summed E-state index contributed by atoms with van der Waals surface area (Å²) in [5.41, 5.74) is 3.58. The molecule has 0 heterocycles. The molecule has 1 unspecified atom stereocenters. The maximum absolute atomic E-state index is 12.5. The van der Waals surface area contributed by atoms with E-state index in [9.17, 15) is 13.2 Å². The third-order valence-electron chi connectivity index (χ3n) is 4.08. The maximum Gasteiger partial charge on any atom is 0.241 e. The van der Waals surface area contributed by atoms with E-state index in [0.717, 1.165) is 27.3 Å². The van der Waals surface area contributed by atoms with Crippen molar-refractivity contribution < 1.29 is 13.2 Å². The first-order valence-corrected chi connectivity index (χ1v) is 10.4. The molecule has 2 aromatic rings. The highest BCUT2D eigenvalue weighted by Crippen LogP contribution is 2.21. The third-order valence-corrected chi connectivity index (χ3v) is 5.47. The molecule has 0 bridgehead atoms. The summed E-state index contributed by atoms with van der Waals surface area (Å²) in [5.74, 6) is -0.376. The predicted octanol–water partition coefficient (Wildman–Crippen LogP) is 3.60. The van der Waals surface area contributed by atoms with E-state index in [1.807, 2.05) is 39.0 Å². The highest BCUT2D eigenvalue weighted by molar-refractivity contribution is 7.92. The van der Waals surface area contributed by atoms with Crippen LogP contribution in [0.2, 0.25) is 5.02 Å². The first kappa shape index (κ1) is 20.3. The Morgan fingerprint density at radius 3 is 2.35 bits per heavy atom. The molecule has 0 aliphatic heterocycles. The molecule has 1 atom stereocenters. The SMILES string of the molecule is Cc1ccc(C)c(C(C)NC(=O)CN(c2ccc(Cl)cc2)S(C)(=O)=O)c1. The van der Waals surface area contributed by atoms with Crippen LogP contribution in [0, 0.1) is 13.8 Å². The number of hydrogen-bond donors (Lipinski definition) is 1. The number of aryl methyl sites for hydroxylation is 2. The average molecular weight is 395 g/mol. The number of hydrogen-bond acceptors (Lipinski definition) is 3. The van der Waals surface area contributed by atoms with Crippen molar-refractivity contribution in [3.05, 3.63) is 64.2 Å². The molecule has 0 spiro atoms. The summed E-state index contributed by atoms with van der Waals surface area (Å²) >= 11 is 5.85. The van der Waals surface area contributed by atoms with Gasteiger partial charge in [-0.1, -0.05) is 35.4 Å². The summed E-state index contributed by atoms with van der Waals surface area (Å²) in [5, 5.41) is 3.37. The van der Waals surface area contributed by atoms with Gasteiger partial charge in [-0.15, -0.1) is 0 Å². The van der Waals surface area contributed by atoms with Gasteiger partial charge in [0.05, 0.1) is 18.0 Å². The Balaban J connectivity index is 2.17. The summed E-state index contributed by atoms with van der Waals surface area (Å²) < 4.78 is 25.3. The fourth-order valence-corrected chi connectivity index (χ4v) is 3.71. The predicted molar refractivity (Wildman–Crippen MR) is 106 cm³/mol. The number of halogens is 1. The minimum absolute atomic E-state index is 0.228. The van der Waals surface area contributed by atoms with Crippen molar-refractivity contribution in [1.29, 1.82) is 0 Å². The summed E-state index contributed by atoms with van der Waals surface area (Å²) in [6.07, 6.45) is 1.07. The topological polar surface area (TPSA) is 66.5 Å². The van der Waals surface area contributed by atoms with Crippen molar-refractivity contribution in [2.75, 3.05) is 17.1 Å². The van der Waals surface area contributed by atoms with Crippen molar-refractivity contribution in [3.63, 3.8) is 0 Å². The first-order valence-electron chi connectivity index (χ1n) is 8.17. The van der Waals surface area contributed by atoms with Gasteiger partial charge in [0.1, 0.15) is 6.54 Å². The van der Waals surface area contributed by atoms with Crippen LogP contribution in [0.4, 0.5) is 5.69 Å². The van der Waals surface area contributed by atoms with Crippen LogP contribution >= 0.6 is 11.6 Å². The molecule has 140 valence electrons. The van der Waals surface area contributed by atoms with Crippen molar-refractivity contribution in [1.82, 2.24) is 5.32 Å². The fraction of sp³-hybridized carbons (Fsp3) is 0.316. The number of anilines is 1. The van der Waals surface area contributed by atoms with Gasteiger partial charge in [0.25, 0.3) is 0 Å². The first-order chi connectivity index (χ1) is 12.1. The van der Waals surface area contributed by atoms with Crippen molar-refractivity contribution in [2.24, 2.45) is 0 Å². The number of sulfonamides is 1. The third kappa shape index (κ3) is 5.22. The summed E-state index contributed by atoms with van der Waals surface area (Å²) in [6, 6.07) is 12.1. The van der Waals surface area contributed by atoms with Gasteiger partial charge in [0.2, 0.25) is 15.9 Å². The van der Waals surface area contributed by atoms with Crippen LogP contribution in [0.1, 0.15) is 29.7 Å². The fourth-order valence-electron chi connectivity index (χ4n) is 2.73. The molecule has 1 N–H and O–H groups in total. The van der Waals surface area contributed by atoms with E-state index in [0.29, 0.717) is 10.7 Å².